The van der Waals surface area contributed by atoms with Crippen molar-refractivity contribution in [1.82, 2.24) is 4.90 Å². The third-order valence-electron chi connectivity index (χ3n) is 6.70. The van der Waals surface area contributed by atoms with Crippen LogP contribution in [0.15, 0.2) is 72.8 Å². The third kappa shape index (κ3) is 3.27. The normalized spacial score (nSPS) is 24.0. The van der Waals surface area contributed by atoms with E-state index in [0.29, 0.717) is 34.1 Å². The Hall–Kier alpha value is -3.42. The molecule has 1 saturated heterocycles. The summed E-state index contributed by atoms with van der Waals surface area (Å²) >= 11 is 6.27. The monoisotopic (exact) mass is 463 g/mol. The largest absolute Gasteiger partial charge is 0.489 e. The van der Waals surface area contributed by atoms with E-state index < -0.39 is 17.5 Å². The van der Waals surface area contributed by atoms with E-state index in [2.05, 4.69) is 5.32 Å². The fraction of sp³-hybridized carbons (Fsp3) is 0.240. The van der Waals surface area contributed by atoms with E-state index in [4.69, 9.17) is 16.3 Å². The van der Waals surface area contributed by atoms with Crippen LogP contribution in [0, 0.1) is 10.1 Å². The summed E-state index contributed by atoms with van der Waals surface area (Å²) in [6, 6.07) is 20.7. The molecule has 168 valence electrons. The Labute approximate surface area is 196 Å². The molecule has 3 atom stereocenters. The third-order valence-corrected chi connectivity index (χ3v) is 7.07. The van der Waals surface area contributed by atoms with Crippen molar-refractivity contribution in [2.45, 2.75) is 24.1 Å². The van der Waals surface area contributed by atoms with Gasteiger partial charge in [0.05, 0.1) is 5.92 Å². The van der Waals surface area contributed by atoms with E-state index in [9.17, 15) is 14.9 Å². The van der Waals surface area contributed by atoms with Crippen LogP contribution in [0.2, 0.25) is 5.02 Å². The minimum Gasteiger partial charge on any atom is -0.489 e. The highest BCUT2D eigenvalue weighted by atomic mass is 35.5. The number of benzene rings is 3. The highest BCUT2D eigenvalue weighted by molar-refractivity contribution is 6.31. The highest BCUT2D eigenvalue weighted by Gasteiger charge is 2.68. The van der Waals surface area contributed by atoms with Gasteiger partial charge in [-0.15, -0.1) is 0 Å². The zero-order valence-corrected chi connectivity index (χ0v) is 18.7. The number of rotatable bonds is 5. The molecule has 33 heavy (non-hydrogen) atoms. The van der Waals surface area contributed by atoms with Crippen LogP contribution in [-0.2, 0) is 16.9 Å². The average Bonchev–Trinajstić information content (AvgIpc) is 3.28. The number of likely N-dealkylation sites (tertiary alicyclic amines) is 1. The van der Waals surface area contributed by atoms with Crippen molar-refractivity contribution in [2.24, 2.45) is 0 Å². The summed E-state index contributed by atoms with van der Waals surface area (Å²) in [5, 5.41) is 16.0. The summed E-state index contributed by atoms with van der Waals surface area (Å²) < 4.78 is 6.10. The number of hydrogen-bond donors (Lipinski definition) is 1. The molecule has 0 bridgehead atoms. The van der Waals surface area contributed by atoms with Crippen LogP contribution >= 0.6 is 11.6 Å². The lowest BCUT2D eigenvalue weighted by atomic mass is 9.79. The second kappa shape index (κ2) is 8.17. The topological polar surface area (TPSA) is 84.7 Å². The van der Waals surface area contributed by atoms with E-state index in [1.54, 1.807) is 42.3 Å². The van der Waals surface area contributed by atoms with E-state index >= 15 is 0 Å². The molecule has 0 aromatic heterocycles. The Morgan fingerprint density at radius 1 is 1.12 bits per heavy atom. The number of nitrogens with one attached hydrogen (secondary N) is 1. The number of carbonyl (C=O) groups is 1. The molecule has 7 nitrogen and oxygen atoms in total. The zero-order valence-electron chi connectivity index (χ0n) is 17.9. The average molecular weight is 464 g/mol. The van der Waals surface area contributed by atoms with Gasteiger partial charge < -0.3 is 10.1 Å². The maximum Gasteiger partial charge on any atom is 0.256 e. The molecule has 8 heteroatoms. The van der Waals surface area contributed by atoms with Crippen LogP contribution in [0.25, 0.3) is 0 Å². The molecule has 0 aliphatic carbocycles. The van der Waals surface area contributed by atoms with Gasteiger partial charge >= 0.3 is 0 Å². The Morgan fingerprint density at radius 3 is 2.61 bits per heavy atom. The molecule has 2 aliphatic heterocycles. The predicted octanol–water partition coefficient (Wildman–Crippen LogP) is 4.44. The van der Waals surface area contributed by atoms with Gasteiger partial charge in [0.1, 0.15) is 12.4 Å². The van der Waals surface area contributed by atoms with Crippen LogP contribution in [0.3, 0.4) is 0 Å². The van der Waals surface area contributed by atoms with Gasteiger partial charge in [-0.05, 0) is 25.2 Å². The maximum atomic E-state index is 13.3. The van der Waals surface area contributed by atoms with Gasteiger partial charge in [-0.25, -0.2) is 0 Å². The van der Waals surface area contributed by atoms with Crippen molar-refractivity contribution >= 4 is 23.2 Å². The lowest BCUT2D eigenvalue weighted by molar-refractivity contribution is -0.534. The molecule has 0 unspecified atom stereocenters. The van der Waals surface area contributed by atoms with E-state index in [1.807, 2.05) is 42.5 Å². The van der Waals surface area contributed by atoms with Crippen molar-refractivity contribution in [1.29, 1.82) is 0 Å². The molecule has 1 N–H and O–H groups in total. The van der Waals surface area contributed by atoms with Crippen LogP contribution in [-0.4, -0.2) is 35.4 Å². The molecular formula is C25H22ClN3O4. The number of fused-ring (bicyclic) bond motifs is 2. The maximum absolute atomic E-state index is 13.3. The summed E-state index contributed by atoms with van der Waals surface area (Å²) in [4.78, 5) is 27.3. The summed E-state index contributed by atoms with van der Waals surface area (Å²) in [5.74, 6) is -0.374. The van der Waals surface area contributed by atoms with Gasteiger partial charge in [-0.3, -0.25) is 19.8 Å². The Kier molecular flexibility index (Phi) is 5.31. The molecule has 1 fully saturated rings. The minimum atomic E-state index is -1.39. The number of nitrogens with zero attached hydrogens (tertiary/aromatic N) is 2. The number of nitro groups is 1. The van der Waals surface area contributed by atoms with E-state index in [1.165, 1.54) is 0 Å². The summed E-state index contributed by atoms with van der Waals surface area (Å²) in [7, 11) is 1.77. The number of hydrogen-bond acceptors (Lipinski definition) is 5. The minimum absolute atomic E-state index is 0.233. The fourth-order valence-corrected chi connectivity index (χ4v) is 5.44. The first-order valence-corrected chi connectivity index (χ1v) is 11.0. The molecule has 3 aromatic carbocycles. The number of likely N-dealkylation sites (N-methyl/N-ethyl adjacent to an activating group) is 1. The molecule has 3 aromatic rings. The number of para-hydroxylation sites is 2. The first-order valence-electron chi connectivity index (χ1n) is 10.7. The molecule has 1 amide bonds. The highest BCUT2D eigenvalue weighted by Crippen LogP contribution is 2.52. The molecule has 2 aliphatic rings. The van der Waals surface area contributed by atoms with E-state index in [-0.39, 0.29) is 17.4 Å². The van der Waals surface area contributed by atoms with E-state index in [0.717, 1.165) is 5.56 Å². The summed E-state index contributed by atoms with van der Waals surface area (Å²) in [5.41, 5.74) is 1.39. The van der Waals surface area contributed by atoms with Crippen molar-refractivity contribution < 1.29 is 14.5 Å². The second-order valence-corrected chi connectivity index (χ2v) is 8.81. The first kappa shape index (κ1) is 21.4. The zero-order chi connectivity index (χ0) is 23.2. The van der Waals surface area contributed by atoms with Crippen LogP contribution in [0.1, 0.15) is 22.6 Å². The second-order valence-electron chi connectivity index (χ2n) is 8.40. The van der Waals surface area contributed by atoms with Gasteiger partial charge in [0.2, 0.25) is 0 Å². The number of anilines is 1. The van der Waals surface area contributed by atoms with Crippen LogP contribution < -0.4 is 10.1 Å². The molecule has 5 rings (SSSR count). The van der Waals surface area contributed by atoms with Gasteiger partial charge in [0, 0.05) is 38.9 Å². The van der Waals surface area contributed by atoms with Gasteiger partial charge in [0.25, 0.3) is 11.9 Å². The van der Waals surface area contributed by atoms with Crippen molar-refractivity contribution in [2.75, 3.05) is 18.9 Å². The van der Waals surface area contributed by atoms with Gasteiger partial charge in [0.15, 0.2) is 5.54 Å². The number of carbonyl (C=O) groups excluding carboxylic acids is 1. The van der Waals surface area contributed by atoms with Crippen molar-refractivity contribution in [3.63, 3.8) is 0 Å². The molecule has 1 spiro atoms. The molecular weight excluding hydrogens is 442 g/mol. The lowest BCUT2D eigenvalue weighted by Crippen LogP contribution is -2.54. The Morgan fingerprint density at radius 2 is 1.82 bits per heavy atom. The standard InChI is InChI=1S/C25H22ClN3O4/c1-28-14-18(17-9-3-7-13-22(17)33-15-16-8-2-5-11-20(16)26)23(29(31)32)25(28)19-10-4-6-12-21(19)27-24(25)30/h2-13,18,23H,14-15H2,1H3,(H,27,30)/t18-,23-,25+/m1/s1. The van der Waals surface area contributed by atoms with Crippen LogP contribution in [0.5, 0.6) is 5.75 Å². The number of amides is 1. The van der Waals surface area contributed by atoms with Crippen LogP contribution in [0.4, 0.5) is 5.69 Å². The Balaban J connectivity index is 1.55. The summed E-state index contributed by atoms with van der Waals surface area (Å²) in [6.07, 6.45) is 0. The smallest absolute Gasteiger partial charge is 0.256 e. The van der Waals surface area contributed by atoms with Gasteiger partial charge in [-0.1, -0.05) is 66.2 Å². The number of halogens is 1. The van der Waals surface area contributed by atoms with Gasteiger partial charge in [-0.2, -0.15) is 0 Å². The molecule has 0 saturated carbocycles. The van der Waals surface area contributed by atoms with Crippen molar-refractivity contribution in [3.8, 4) is 5.75 Å². The Bertz CT molecular complexity index is 1250. The number of ether oxygens (including phenoxy) is 1. The first-order chi connectivity index (χ1) is 15.9. The SMILES string of the molecule is CN1C[C@H](c2ccccc2OCc2ccccc2Cl)[C@@H]([N+](=O)[O-])[C@@]12C(=O)Nc1ccccc12. The lowest BCUT2D eigenvalue weighted by Gasteiger charge is -2.30. The quantitative estimate of drug-likeness (QED) is 0.446. The fourth-order valence-electron chi connectivity index (χ4n) is 5.25. The molecule has 0 radical (unpaired) electrons. The predicted molar refractivity (Wildman–Crippen MR) is 125 cm³/mol. The molecule has 2 heterocycles. The van der Waals surface area contributed by atoms with Crippen molar-refractivity contribution in [3.05, 3.63) is 105 Å². The summed E-state index contributed by atoms with van der Waals surface area (Å²) in [6.45, 7) is 0.566.